The first kappa shape index (κ1) is 9.41. The van der Waals surface area contributed by atoms with E-state index in [9.17, 15) is 4.39 Å². The van der Waals surface area contributed by atoms with Gasteiger partial charge in [0, 0.05) is 18.6 Å². The predicted octanol–water partition coefficient (Wildman–Crippen LogP) is 1.70. The number of aromatic nitrogens is 5. The predicted molar refractivity (Wildman–Crippen MR) is 56.6 cm³/mol. The molecule has 0 aliphatic carbocycles. The van der Waals surface area contributed by atoms with Gasteiger partial charge >= 0.3 is 0 Å². The number of rotatable bonds is 0. The molecule has 5 nitrogen and oxygen atoms in total. The van der Waals surface area contributed by atoms with Gasteiger partial charge in [0.15, 0.2) is 5.82 Å². The quantitative estimate of drug-likeness (QED) is 0.559. The van der Waals surface area contributed by atoms with Crippen LogP contribution in [0.25, 0.3) is 21.9 Å². The van der Waals surface area contributed by atoms with Crippen LogP contribution in [-0.4, -0.2) is 25.0 Å². The number of fused-ring (bicyclic) bond motifs is 3. The Morgan fingerprint density at radius 3 is 3.00 bits per heavy atom. The van der Waals surface area contributed by atoms with Crippen molar-refractivity contribution >= 4 is 33.5 Å². The summed E-state index contributed by atoms with van der Waals surface area (Å²) < 4.78 is 15.1. The maximum atomic E-state index is 13.6. The molecule has 0 unspecified atom stereocenters. The lowest BCUT2D eigenvalue weighted by atomic mass is 10.2. The SMILES string of the molecule is Cn1nnc2nc(Cl)c3c(F)cncc3c21. The van der Waals surface area contributed by atoms with Crippen LogP contribution in [0.2, 0.25) is 5.15 Å². The normalized spacial score (nSPS) is 11.4. The van der Waals surface area contributed by atoms with Crippen LogP contribution in [0.4, 0.5) is 4.39 Å². The molecule has 0 aliphatic heterocycles. The van der Waals surface area contributed by atoms with E-state index in [4.69, 9.17) is 11.6 Å². The van der Waals surface area contributed by atoms with Crippen molar-refractivity contribution < 1.29 is 4.39 Å². The van der Waals surface area contributed by atoms with Crippen molar-refractivity contribution in [3.05, 3.63) is 23.4 Å². The van der Waals surface area contributed by atoms with Crippen LogP contribution in [0.3, 0.4) is 0 Å². The molecule has 80 valence electrons. The average molecular weight is 238 g/mol. The Morgan fingerprint density at radius 1 is 1.38 bits per heavy atom. The molecule has 0 aliphatic rings. The molecular weight excluding hydrogens is 233 g/mol. The zero-order valence-corrected chi connectivity index (χ0v) is 8.90. The van der Waals surface area contributed by atoms with Crippen LogP contribution in [0.15, 0.2) is 12.4 Å². The highest BCUT2D eigenvalue weighted by Gasteiger charge is 2.14. The van der Waals surface area contributed by atoms with E-state index in [2.05, 4.69) is 20.3 Å². The molecule has 16 heavy (non-hydrogen) atoms. The molecule has 0 aromatic carbocycles. The van der Waals surface area contributed by atoms with E-state index in [-0.39, 0.29) is 10.5 Å². The van der Waals surface area contributed by atoms with Crippen molar-refractivity contribution in [2.24, 2.45) is 7.05 Å². The second kappa shape index (κ2) is 3.08. The number of pyridine rings is 2. The molecule has 0 radical (unpaired) electrons. The zero-order chi connectivity index (χ0) is 11.3. The number of hydrogen-bond acceptors (Lipinski definition) is 4. The Kier molecular flexibility index (Phi) is 1.81. The van der Waals surface area contributed by atoms with Gasteiger partial charge in [-0.3, -0.25) is 4.98 Å². The van der Waals surface area contributed by atoms with Crippen LogP contribution in [-0.2, 0) is 7.05 Å². The Bertz CT molecular complexity index is 708. The second-order valence-corrected chi connectivity index (χ2v) is 3.69. The molecule has 0 bridgehead atoms. The van der Waals surface area contributed by atoms with Gasteiger partial charge in [0.25, 0.3) is 0 Å². The Labute approximate surface area is 93.9 Å². The van der Waals surface area contributed by atoms with Gasteiger partial charge in [-0.05, 0) is 0 Å². The van der Waals surface area contributed by atoms with Crippen LogP contribution >= 0.6 is 11.6 Å². The minimum atomic E-state index is -0.502. The molecule has 7 heteroatoms. The first-order chi connectivity index (χ1) is 7.68. The van der Waals surface area contributed by atoms with E-state index in [0.717, 1.165) is 6.20 Å². The molecule has 0 atom stereocenters. The molecule has 0 amide bonds. The number of hydrogen-bond donors (Lipinski definition) is 0. The summed E-state index contributed by atoms with van der Waals surface area (Å²) in [7, 11) is 1.70. The number of nitrogens with zero attached hydrogens (tertiary/aromatic N) is 5. The van der Waals surface area contributed by atoms with Gasteiger partial charge in [0.1, 0.15) is 10.7 Å². The molecular formula is C9H5ClFN5. The first-order valence-electron chi connectivity index (χ1n) is 4.46. The molecule has 0 fully saturated rings. The van der Waals surface area contributed by atoms with Crippen molar-refractivity contribution in [2.45, 2.75) is 0 Å². The molecule has 0 N–H and O–H groups in total. The van der Waals surface area contributed by atoms with Crippen molar-refractivity contribution in [1.82, 2.24) is 25.0 Å². The van der Waals surface area contributed by atoms with Crippen molar-refractivity contribution in [1.29, 1.82) is 0 Å². The minimum Gasteiger partial charge on any atom is -0.261 e. The highest BCUT2D eigenvalue weighted by Crippen LogP contribution is 2.28. The van der Waals surface area contributed by atoms with E-state index in [1.807, 2.05) is 0 Å². The maximum absolute atomic E-state index is 13.6. The molecule has 3 heterocycles. The fourth-order valence-corrected chi connectivity index (χ4v) is 1.96. The Hall–Kier alpha value is -1.82. The second-order valence-electron chi connectivity index (χ2n) is 3.33. The topological polar surface area (TPSA) is 56.5 Å². The lowest BCUT2D eigenvalue weighted by molar-refractivity contribution is 0.633. The molecule has 0 saturated heterocycles. The number of aryl methyl sites for hydroxylation is 1. The third-order valence-corrected chi connectivity index (χ3v) is 2.65. The van der Waals surface area contributed by atoms with E-state index >= 15 is 0 Å². The fraction of sp³-hybridized carbons (Fsp3) is 0.111. The maximum Gasteiger partial charge on any atom is 0.203 e. The van der Waals surface area contributed by atoms with E-state index in [0.29, 0.717) is 16.6 Å². The summed E-state index contributed by atoms with van der Waals surface area (Å²) in [4.78, 5) is 7.78. The number of halogens is 2. The monoisotopic (exact) mass is 237 g/mol. The fourth-order valence-electron chi connectivity index (χ4n) is 1.69. The molecule has 3 aromatic heterocycles. The summed E-state index contributed by atoms with van der Waals surface area (Å²) in [5.41, 5.74) is 0.999. The highest BCUT2D eigenvalue weighted by atomic mass is 35.5. The van der Waals surface area contributed by atoms with Gasteiger partial charge in [-0.25, -0.2) is 14.1 Å². The third kappa shape index (κ3) is 1.10. The Balaban J connectivity index is 2.68. The Morgan fingerprint density at radius 2 is 2.19 bits per heavy atom. The summed E-state index contributed by atoms with van der Waals surface area (Å²) in [6, 6.07) is 0. The van der Waals surface area contributed by atoms with Gasteiger partial charge in [0.05, 0.1) is 11.6 Å². The van der Waals surface area contributed by atoms with Crippen molar-refractivity contribution in [2.75, 3.05) is 0 Å². The molecule has 0 saturated carbocycles. The standard InChI is InChI=1S/C9H5ClFN5/c1-16-7-4-2-12-3-5(11)6(4)8(10)13-9(7)14-15-16/h2-3H,1H3. The van der Waals surface area contributed by atoms with Crippen molar-refractivity contribution in [3.63, 3.8) is 0 Å². The summed E-state index contributed by atoms with van der Waals surface area (Å²) >= 11 is 5.89. The average Bonchev–Trinajstić information content (AvgIpc) is 2.60. The summed E-state index contributed by atoms with van der Waals surface area (Å²) in [5, 5.41) is 8.51. The van der Waals surface area contributed by atoms with E-state index in [1.165, 1.54) is 10.9 Å². The first-order valence-corrected chi connectivity index (χ1v) is 4.84. The van der Waals surface area contributed by atoms with Gasteiger partial charge in [-0.2, -0.15) is 0 Å². The van der Waals surface area contributed by atoms with Crippen LogP contribution in [0.5, 0.6) is 0 Å². The van der Waals surface area contributed by atoms with Crippen molar-refractivity contribution in [3.8, 4) is 0 Å². The largest absolute Gasteiger partial charge is 0.261 e. The molecule has 3 rings (SSSR count). The van der Waals surface area contributed by atoms with Crippen LogP contribution in [0.1, 0.15) is 0 Å². The molecule has 0 spiro atoms. The summed E-state index contributed by atoms with van der Waals surface area (Å²) in [5.74, 6) is -0.502. The van der Waals surface area contributed by atoms with Gasteiger partial charge in [0.2, 0.25) is 5.65 Å². The lowest BCUT2D eigenvalue weighted by Crippen LogP contribution is -1.93. The van der Waals surface area contributed by atoms with Gasteiger partial charge in [-0.1, -0.05) is 16.8 Å². The zero-order valence-electron chi connectivity index (χ0n) is 8.15. The van der Waals surface area contributed by atoms with Crippen LogP contribution < -0.4 is 0 Å². The third-order valence-electron chi connectivity index (χ3n) is 2.37. The van der Waals surface area contributed by atoms with E-state index < -0.39 is 5.82 Å². The lowest BCUT2D eigenvalue weighted by Gasteiger charge is -2.02. The summed E-state index contributed by atoms with van der Waals surface area (Å²) in [6.45, 7) is 0. The highest BCUT2D eigenvalue weighted by molar-refractivity contribution is 6.35. The van der Waals surface area contributed by atoms with Crippen LogP contribution in [0, 0.1) is 5.82 Å². The van der Waals surface area contributed by atoms with Gasteiger partial charge < -0.3 is 0 Å². The van der Waals surface area contributed by atoms with E-state index in [1.54, 1.807) is 7.05 Å². The van der Waals surface area contributed by atoms with Gasteiger partial charge in [-0.15, -0.1) is 5.10 Å². The summed E-state index contributed by atoms with van der Waals surface area (Å²) in [6.07, 6.45) is 2.63. The molecule has 3 aromatic rings. The smallest absolute Gasteiger partial charge is 0.203 e. The minimum absolute atomic E-state index is 0.0721.